The van der Waals surface area contributed by atoms with E-state index in [0.717, 1.165) is 10.9 Å². The van der Waals surface area contributed by atoms with Gasteiger partial charge in [0.05, 0.1) is 18.7 Å². The van der Waals surface area contributed by atoms with E-state index in [1.807, 2.05) is 77.9 Å². The minimum Gasteiger partial charge on any atom is -0.334 e. The van der Waals surface area contributed by atoms with Crippen LogP contribution in [0, 0.1) is 0 Å². The van der Waals surface area contributed by atoms with E-state index >= 15 is 0 Å². The number of hydrogen-bond acceptors (Lipinski definition) is 7. The number of benzene rings is 2. The highest BCUT2D eigenvalue weighted by molar-refractivity contribution is 8.19. The van der Waals surface area contributed by atoms with Crippen molar-refractivity contribution in [2.24, 2.45) is 5.16 Å². The summed E-state index contributed by atoms with van der Waals surface area (Å²) < 4.78 is 9.51. The number of carbonyl (C=O) groups is 1. The zero-order valence-corrected chi connectivity index (χ0v) is 20.8. The molecule has 0 aromatic heterocycles. The minimum absolute atomic E-state index is 0.462. The second kappa shape index (κ2) is 12.5. The molecule has 6 nitrogen and oxygen atoms in total. The number of oxime groups is 1. The van der Waals surface area contributed by atoms with Gasteiger partial charge in [0.25, 0.3) is 0 Å². The molecule has 162 valence electrons. The van der Waals surface area contributed by atoms with E-state index in [1.165, 1.54) is 28.2 Å². The molecule has 0 N–H and O–H groups in total. The second-order valence-corrected chi connectivity index (χ2v) is 12.2. The van der Waals surface area contributed by atoms with E-state index in [9.17, 15) is 4.79 Å². The lowest BCUT2D eigenvalue weighted by atomic mass is 10.2. The molecule has 0 saturated carbocycles. The molecule has 1 amide bonds. The zero-order valence-electron chi connectivity index (χ0n) is 17.4. The largest absolute Gasteiger partial charge is 0.446 e. The molecule has 30 heavy (non-hydrogen) atoms. The van der Waals surface area contributed by atoms with Gasteiger partial charge < -0.3 is 4.52 Å². The van der Waals surface area contributed by atoms with Crippen LogP contribution in [0.25, 0.3) is 0 Å². The Morgan fingerprint density at radius 2 is 1.73 bits per heavy atom. The molecule has 0 heterocycles. The van der Waals surface area contributed by atoms with Gasteiger partial charge in [-0.05, 0) is 37.5 Å². The molecule has 0 fully saturated rings. The Morgan fingerprint density at radius 1 is 1.13 bits per heavy atom. The van der Waals surface area contributed by atoms with Crippen molar-refractivity contribution in [2.45, 2.75) is 20.4 Å². The summed E-state index contributed by atoms with van der Waals surface area (Å²) in [5.41, 5.74) is 1.06. The number of hydrogen-bond donors (Lipinski definition) is 0. The first-order valence-electron chi connectivity index (χ1n) is 9.24. The highest BCUT2D eigenvalue weighted by atomic mass is 32.5. The Kier molecular flexibility index (Phi) is 10.4. The molecule has 0 radical (unpaired) electrons. The molecule has 2 aromatic carbocycles. The minimum atomic E-state index is -2.64. The molecule has 0 aliphatic rings. The first kappa shape index (κ1) is 24.9. The number of rotatable bonds is 9. The van der Waals surface area contributed by atoms with E-state index in [-0.39, 0.29) is 0 Å². The summed E-state index contributed by atoms with van der Waals surface area (Å²) in [6.07, 6.45) is -1.36. The van der Waals surface area contributed by atoms with Gasteiger partial charge in [0.15, 0.2) is 6.42 Å². The van der Waals surface area contributed by atoms with Crippen molar-refractivity contribution in [2.75, 3.05) is 19.9 Å². The van der Waals surface area contributed by atoms with Crippen LogP contribution in [0.1, 0.15) is 19.4 Å². The van der Waals surface area contributed by atoms with E-state index < -0.39 is 12.5 Å². The third-order valence-corrected chi connectivity index (χ3v) is 10.3. The number of carbonyl (C=O) groups excluding carboxylic acids is 1. The first-order valence-corrected chi connectivity index (χ1v) is 13.9. The van der Waals surface area contributed by atoms with Gasteiger partial charge in [-0.25, -0.2) is 9.10 Å². The van der Waals surface area contributed by atoms with Crippen LogP contribution in [-0.4, -0.2) is 39.4 Å². The lowest BCUT2D eigenvalue weighted by Crippen LogP contribution is -2.29. The van der Waals surface area contributed by atoms with Crippen molar-refractivity contribution >= 4 is 58.6 Å². The fourth-order valence-corrected chi connectivity index (χ4v) is 7.09. The van der Waals surface area contributed by atoms with Gasteiger partial charge in [0.2, 0.25) is 0 Å². The summed E-state index contributed by atoms with van der Waals surface area (Å²) in [5, 5.41) is 5.40. The van der Waals surface area contributed by atoms with Crippen molar-refractivity contribution in [1.29, 1.82) is 0 Å². The lowest BCUT2D eigenvalue weighted by Gasteiger charge is -2.35. The van der Waals surface area contributed by atoms with Crippen molar-refractivity contribution in [3.63, 3.8) is 0 Å². The van der Waals surface area contributed by atoms with Crippen LogP contribution in [0.2, 0.25) is 0 Å². The average molecular weight is 484 g/mol. The maximum absolute atomic E-state index is 12.5. The van der Waals surface area contributed by atoms with E-state index in [2.05, 4.69) is 5.16 Å². The summed E-state index contributed by atoms with van der Waals surface area (Å²) in [7, 11) is 1.63. The summed E-state index contributed by atoms with van der Waals surface area (Å²) in [4.78, 5) is 17.5. The van der Waals surface area contributed by atoms with Crippen molar-refractivity contribution in [3.8, 4) is 0 Å². The predicted octanol–water partition coefficient (Wildman–Crippen LogP) is 5.49. The van der Waals surface area contributed by atoms with Crippen LogP contribution in [0.5, 0.6) is 0 Å². The van der Waals surface area contributed by atoms with Crippen LogP contribution in [0.4, 0.5) is 4.79 Å². The summed E-state index contributed by atoms with van der Waals surface area (Å²) in [5.74, 6) is 0. The van der Waals surface area contributed by atoms with Gasteiger partial charge in [-0.3, -0.25) is 4.84 Å². The summed E-state index contributed by atoms with van der Waals surface area (Å²) >= 11 is 8.70. The van der Waals surface area contributed by atoms with Crippen molar-refractivity contribution in [1.82, 2.24) is 8.38 Å². The molecule has 0 bridgehead atoms. The highest BCUT2D eigenvalue weighted by Crippen LogP contribution is 2.55. The Balaban J connectivity index is 2.33. The number of amides is 1. The molecule has 2 aromatic rings. The molecule has 0 aliphatic carbocycles. The van der Waals surface area contributed by atoms with E-state index in [0.29, 0.717) is 18.2 Å². The van der Waals surface area contributed by atoms with Gasteiger partial charge in [-0.15, -0.1) is 11.8 Å². The molecule has 0 saturated heterocycles. The van der Waals surface area contributed by atoms with E-state index in [4.69, 9.17) is 21.2 Å². The number of nitrogens with zero attached hydrogens (tertiary/aromatic N) is 3. The molecule has 2 rings (SSSR count). The summed E-state index contributed by atoms with van der Waals surface area (Å²) in [6, 6.07) is 19.7. The van der Waals surface area contributed by atoms with Crippen LogP contribution in [0.15, 0.2) is 65.8 Å². The first-order chi connectivity index (χ1) is 14.4. The maximum Gasteiger partial charge on any atom is 0.446 e. The normalized spacial score (nSPS) is 13.7. The molecule has 1 atom stereocenters. The number of thioether (sulfide) groups is 1. The fraction of sp³-hybridized carbons (Fsp3) is 0.300. The van der Waals surface area contributed by atoms with Gasteiger partial charge in [0.1, 0.15) is 5.04 Å². The molecule has 0 spiro atoms. The lowest BCUT2D eigenvalue weighted by molar-refractivity contribution is 0.136. The summed E-state index contributed by atoms with van der Waals surface area (Å²) in [6.45, 7) is 4.66. The molecule has 0 aliphatic heterocycles. The van der Waals surface area contributed by atoms with E-state index in [1.54, 1.807) is 14.0 Å². The highest BCUT2D eigenvalue weighted by Gasteiger charge is 2.32. The van der Waals surface area contributed by atoms with Crippen molar-refractivity contribution < 1.29 is 14.2 Å². The topological polar surface area (TPSA) is 54.4 Å². The fourth-order valence-electron chi connectivity index (χ4n) is 2.34. The van der Waals surface area contributed by atoms with Crippen LogP contribution in [-0.2, 0) is 27.7 Å². The Morgan fingerprint density at radius 3 is 2.30 bits per heavy atom. The smallest absolute Gasteiger partial charge is 0.334 e. The quantitative estimate of drug-likeness (QED) is 0.117. The monoisotopic (exact) mass is 483 g/mol. The average Bonchev–Trinajstić information content (AvgIpc) is 2.78. The Hall–Kier alpha value is -1.35. The standard InChI is InChI=1S/C20H26N3O3PS3/c1-5-25-27(28,19-14-10-7-11-15-19)23(16-18-12-8-6-9-13-18)30-22(3)20(24)26-21-17(2)29-4/h6-15H,5,16H2,1-4H3. The van der Waals surface area contributed by atoms with Gasteiger partial charge >= 0.3 is 6.09 Å². The van der Waals surface area contributed by atoms with Gasteiger partial charge in [0, 0.05) is 18.9 Å². The predicted molar refractivity (Wildman–Crippen MR) is 132 cm³/mol. The van der Waals surface area contributed by atoms with Crippen LogP contribution in [0.3, 0.4) is 0 Å². The molecule has 1 unspecified atom stereocenters. The van der Waals surface area contributed by atoms with Crippen LogP contribution < -0.4 is 5.30 Å². The molecule has 10 heteroatoms. The molecular weight excluding hydrogens is 457 g/mol. The maximum atomic E-state index is 12.5. The Labute approximate surface area is 192 Å². The van der Waals surface area contributed by atoms with Gasteiger partial charge in [-0.2, -0.15) is 4.08 Å². The molecular formula is C20H26N3O3PS3. The van der Waals surface area contributed by atoms with Crippen LogP contribution >= 0.6 is 30.3 Å². The van der Waals surface area contributed by atoms with Gasteiger partial charge in [-0.1, -0.05) is 65.8 Å². The second-order valence-electron chi connectivity index (χ2n) is 6.02. The third-order valence-electron chi connectivity index (χ3n) is 3.86. The third kappa shape index (κ3) is 7.11. The zero-order chi connectivity index (χ0) is 22.0. The SMILES string of the molecule is CCOP(=S)(c1ccccc1)N(Cc1ccccc1)SN(C)C(=O)ON=C(C)SC. The van der Waals surface area contributed by atoms with Crippen molar-refractivity contribution in [3.05, 3.63) is 66.2 Å². The Bertz CT molecular complexity index is 885.